The molecule has 0 radical (unpaired) electrons. The molecule has 0 aliphatic rings. The molecule has 0 aliphatic carbocycles. The molecule has 1 amide bonds. The number of nitrogens with one attached hydrogen (secondary N) is 2. The SMILES string of the molecule is COC(=O)c1cccc(NCC(=O)Nc2cccc(Cl)c2Cl)c1. The molecule has 0 bridgehead atoms. The van der Waals surface area contributed by atoms with Gasteiger partial charge in [0.05, 0.1) is 35.0 Å². The van der Waals surface area contributed by atoms with E-state index in [0.29, 0.717) is 22.0 Å². The lowest BCUT2D eigenvalue weighted by molar-refractivity contribution is -0.114. The van der Waals surface area contributed by atoms with E-state index in [1.54, 1.807) is 42.5 Å². The second-order valence-corrected chi connectivity index (χ2v) is 5.36. The van der Waals surface area contributed by atoms with E-state index in [1.807, 2.05) is 0 Å². The summed E-state index contributed by atoms with van der Waals surface area (Å²) in [6.45, 7) is 0.00741. The summed E-state index contributed by atoms with van der Waals surface area (Å²) < 4.78 is 4.65. The second-order valence-electron chi connectivity index (χ2n) is 4.58. The highest BCUT2D eigenvalue weighted by atomic mass is 35.5. The van der Waals surface area contributed by atoms with Crippen LogP contribution in [0, 0.1) is 0 Å². The molecular weight excluding hydrogens is 339 g/mol. The van der Waals surface area contributed by atoms with Crippen molar-refractivity contribution in [2.75, 3.05) is 24.3 Å². The van der Waals surface area contributed by atoms with Gasteiger partial charge in [-0.05, 0) is 30.3 Å². The lowest BCUT2D eigenvalue weighted by Gasteiger charge is -2.10. The van der Waals surface area contributed by atoms with Gasteiger partial charge in [-0.3, -0.25) is 4.79 Å². The third kappa shape index (κ3) is 4.61. The van der Waals surface area contributed by atoms with Gasteiger partial charge in [-0.25, -0.2) is 4.79 Å². The summed E-state index contributed by atoms with van der Waals surface area (Å²) in [6, 6.07) is 11.7. The first kappa shape index (κ1) is 17.1. The van der Waals surface area contributed by atoms with E-state index >= 15 is 0 Å². The van der Waals surface area contributed by atoms with Gasteiger partial charge in [0.1, 0.15) is 0 Å². The van der Waals surface area contributed by atoms with Gasteiger partial charge in [-0.15, -0.1) is 0 Å². The van der Waals surface area contributed by atoms with Crippen molar-refractivity contribution in [2.45, 2.75) is 0 Å². The number of halogens is 2. The Hall–Kier alpha value is -2.24. The van der Waals surface area contributed by atoms with Crippen molar-refractivity contribution in [1.82, 2.24) is 0 Å². The van der Waals surface area contributed by atoms with E-state index in [1.165, 1.54) is 7.11 Å². The molecule has 120 valence electrons. The summed E-state index contributed by atoms with van der Waals surface area (Å²) in [7, 11) is 1.31. The van der Waals surface area contributed by atoms with Crippen molar-refractivity contribution >= 4 is 46.5 Å². The number of methoxy groups -OCH3 is 1. The number of hydrogen-bond acceptors (Lipinski definition) is 4. The van der Waals surface area contributed by atoms with Crippen LogP contribution >= 0.6 is 23.2 Å². The topological polar surface area (TPSA) is 67.4 Å². The molecule has 0 aromatic heterocycles. The predicted molar refractivity (Wildman–Crippen MR) is 91.4 cm³/mol. The van der Waals surface area contributed by atoms with Crippen LogP contribution in [0.1, 0.15) is 10.4 Å². The molecule has 5 nitrogen and oxygen atoms in total. The highest BCUT2D eigenvalue weighted by Crippen LogP contribution is 2.29. The predicted octanol–water partition coefficient (Wildman–Crippen LogP) is 3.83. The number of hydrogen-bond donors (Lipinski definition) is 2. The van der Waals surface area contributed by atoms with Gasteiger partial charge in [-0.2, -0.15) is 0 Å². The highest BCUT2D eigenvalue weighted by Gasteiger charge is 2.09. The van der Waals surface area contributed by atoms with Crippen molar-refractivity contribution < 1.29 is 14.3 Å². The average Bonchev–Trinajstić information content (AvgIpc) is 2.56. The first-order chi connectivity index (χ1) is 11.0. The molecule has 0 saturated carbocycles. The Labute approximate surface area is 143 Å². The summed E-state index contributed by atoms with van der Waals surface area (Å²) in [4.78, 5) is 23.4. The number of rotatable bonds is 5. The van der Waals surface area contributed by atoms with E-state index in [4.69, 9.17) is 23.2 Å². The van der Waals surface area contributed by atoms with Gasteiger partial charge in [0.2, 0.25) is 5.91 Å². The van der Waals surface area contributed by atoms with Crippen molar-refractivity contribution in [1.29, 1.82) is 0 Å². The fraction of sp³-hybridized carbons (Fsp3) is 0.125. The molecule has 0 heterocycles. The van der Waals surface area contributed by atoms with Crippen molar-refractivity contribution in [3.05, 3.63) is 58.1 Å². The van der Waals surface area contributed by atoms with Crippen LogP contribution in [0.4, 0.5) is 11.4 Å². The smallest absolute Gasteiger partial charge is 0.337 e. The van der Waals surface area contributed by atoms with Crippen LogP contribution in [0.3, 0.4) is 0 Å². The molecule has 0 spiro atoms. The van der Waals surface area contributed by atoms with Crippen LogP contribution in [-0.4, -0.2) is 25.5 Å². The van der Waals surface area contributed by atoms with Gasteiger partial charge in [0, 0.05) is 5.69 Å². The molecule has 0 unspecified atom stereocenters. The Bertz CT molecular complexity index is 735. The highest BCUT2D eigenvalue weighted by molar-refractivity contribution is 6.44. The minimum atomic E-state index is -0.441. The Morgan fingerprint density at radius 3 is 2.61 bits per heavy atom. The normalized spacial score (nSPS) is 10.0. The number of carbonyl (C=O) groups is 2. The molecule has 2 N–H and O–H groups in total. The zero-order valence-corrected chi connectivity index (χ0v) is 13.7. The molecule has 2 aromatic rings. The van der Waals surface area contributed by atoms with Gasteiger partial charge in [-0.1, -0.05) is 35.3 Å². The minimum absolute atomic E-state index is 0.00741. The average molecular weight is 353 g/mol. The van der Waals surface area contributed by atoms with E-state index in [-0.39, 0.29) is 17.5 Å². The summed E-state index contributed by atoms with van der Waals surface area (Å²) in [5, 5.41) is 6.23. The van der Waals surface area contributed by atoms with Gasteiger partial charge in [0.25, 0.3) is 0 Å². The number of anilines is 2. The number of ether oxygens (including phenoxy) is 1. The summed E-state index contributed by atoms with van der Waals surface area (Å²) in [6.07, 6.45) is 0. The third-order valence-corrected chi connectivity index (χ3v) is 3.78. The monoisotopic (exact) mass is 352 g/mol. The molecule has 0 atom stereocenters. The largest absolute Gasteiger partial charge is 0.465 e. The van der Waals surface area contributed by atoms with Crippen LogP contribution in [-0.2, 0) is 9.53 Å². The molecule has 7 heteroatoms. The van der Waals surface area contributed by atoms with Crippen LogP contribution in [0.2, 0.25) is 10.0 Å². The first-order valence-corrected chi connectivity index (χ1v) is 7.43. The molecular formula is C16H14Cl2N2O3. The zero-order valence-electron chi connectivity index (χ0n) is 12.2. The third-order valence-electron chi connectivity index (χ3n) is 2.96. The second kappa shape index (κ2) is 7.85. The molecule has 2 aromatic carbocycles. The van der Waals surface area contributed by atoms with Crippen LogP contribution < -0.4 is 10.6 Å². The van der Waals surface area contributed by atoms with E-state index < -0.39 is 5.97 Å². The van der Waals surface area contributed by atoms with Gasteiger partial charge < -0.3 is 15.4 Å². The van der Waals surface area contributed by atoms with E-state index in [0.717, 1.165) is 0 Å². The zero-order chi connectivity index (χ0) is 16.8. The summed E-state index contributed by atoms with van der Waals surface area (Å²) >= 11 is 11.9. The molecule has 0 fully saturated rings. The van der Waals surface area contributed by atoms with Crippen molar-refractivity contribution in [3.8, 4) is 0 Å². The molecule has 0 saturated heterocycles. The Kier molecular flexibility index (Phi) is 5.84. The fourth-order valence-electron chi connectivity index (χ4n) is 1.85. The van der Waals surface area contributed by atoms with Gasteiger partial charge in [0.15, 0.2) is 0 Å². The van der Waals surface area contributed by atoms with E-state index in [2.05, 4.69) is 15.4 Å². The molecule has 23 heavy (non-hydrogen) atoms. The minimum Gasteiger partial charge on any atom is -0.465 e. The van der Waals surface area contributed by atoms with Crippen molar-refractivity contribution in [2.24, 2.45) is 0 Å². The molecule has 0 aliphatic heterocycles. The van der Waals surface area contributed by atoms with E-state index in [9.17, 15) is 9.59 Å². The Morgan fingerprint density at radius 1 is 1.13 bits per heavy atom. The Balaban J connectivity index is 1.97. The number of benzene rings is 2. The number of amides is 1. The van der Waals surface area contributed by atoms with Crippen LogP contribution in [0.5, 0.6) is 0 Å². The summed E-state index contributed by atoms with van der Waals surface area (Å²) in [5.41, 5.74) is 1.46. The fourth-order valence-corrected chi connectivity index (χ4v) is 2.20. The number of carbonyl (C=O) groups excluding carboxylic acids is 2. The number of esters is 1. The maximum absolute atomic E-state index is 12.0. The lowest BCUT2D eigenvalue weighted by atomic mass is 10.2. The standard InChI is InChI=1S/C16H14Cl2N2O3/c1-23-16(22)10-4-2-5-11(8-10)19-9-14(21)20-13-7-3-6-12(17)15(13)18/h2-8,19H,9H2,1H3,(H,20,21). The van der Waals surface area contributed by atoms with Crippen LogP contribution in [0.25, 0.3) is 0 Å². The van der Waals surface area contributed by atoms with Crippen LogP contribution in [0.15, 0.2) is 42.5 Å². The quantitative estimate of drug-likeness (QED) is 0.802. The summed E-state index contributed by atoms with van der Waals surface area (Å²) in [5.74, 6) is -0.735. The maximum Gasteiger partial charge on any atom is 0.337 e. The van der Waals surface area contributed by atoms with Crippen molar-refractivity contribution in [3.63, 3.8) is 0 Å². The lowest BCUT2D eigenvalue weighted by Crippen LogP contribution is -2.22. The Morgan fingerprint density at radius 2 is 1.87 bits per heavy atom. The van der Waals surface area contributed by atoms with Gasteiger partial charge >= 0.3 is 5.97 Å². The maximum atomic E-state index is 12.0. The first-order valence-electron chi connectivity index (χ1n) is 6.67. The molecule has 2 rings (SSSR count).